The molecule has 1 saturated carbocycles. The zero-order valence-corrected chi connectivity index (χ0v) is 15.9. The molecule has 1 aromatic heterocycles. The Hall–Kier alpha value is -2.74. The average Bonchev–Trinajstić information content (AvgIpc) is 2.69. The zero-order chi connectivity index (χ0) is 19.2. The van der Waals surface area contributed by atoms with E-state index in [0.29, 0.717) is 29.1 Å². The van der Waals surface area contributed by atoms with Gasteiger partial charge in [0.2, 0.25) is 5.75 Å². The Morgan fingerprint density at radius 3 is 2.11 bits per heavy atom. The van der Waals surface area contributed by atoms with E-state index in [1.54, 1.807) is 21.3 Å². The van der Waals surface area contributed by atoms with Crippen molar-refractivity contribution in [3.8, 4) is 17.2 Å². The maximum Gasteiger partial charge on any atom is 0.203 e. The Bertz CT molecular complexity index is 738. The van der Waals surface area contributed by atoms with Crippen molar-refractivity contribution in [3.05, 3.63) is 24.5 Å². The molecule has 1 aliphatic rings. The molecule has 0 amide bonds. The first-order valence-electron chi connectivity index (χ1n) is 8.96. The molecular formula is C19H26N4O4. The molecule has 8 nitrogen and oxygen atoms in total. The molecule has 1 fully saturated rings. The van der Waals surface area contributed by atoms with Gasteiger partial charge in [-0.1, -0.05) is 0 Å². The number of aromatic nitrogens is 2. The number of methoxy groups -OCH3 is 3. The Kier molecular flexibility index (Phi) is 6.18. The molecule has 146 valence electrons. The normalized spacial score (nSPS) is 19.3. The van der Waals surface area contributed by atoms with Gasteiger partial charge in [0.15, 0.2) is 11.5 Å². The third-order valence-electron chi connectivity index (χ3n) is 4.65. The van der Waals surface area contributed by atoms with Gasteiger partial charge in [0.05, 0.1) is 27.4 Å². The molecule has 3 rings (SSSR count). The summed E-state index contributed by atoms with van der Waals surface area (Å²) in [4.78, 5) is 8.57. The molecule has 0 unspecified atom stereocenters. The summed E-state index contributed by atoms with van der Waals surface area (Å²) >= 11 is 0. The van der Waals surface area contributed by atoms with E-state index >= 15 is 0 Å². The Balaban J connectivity index is 1.74. The topological polar surface area (TPSA) is 97.8 Å². The number of hydrogen-bond donors (Lipinski definition) is 3. The number of aliphatic hydroxyl groups excluding tert-OH is 1. The third-order valence-corrected chi connectivity index (χ3v) is 4.65. The molecule has 0 aliphatic heterocycles. The largest absolute Gasteiger partial charge is 0.493 e. The molecule has 0 saturated heterocycles. The van der Waals surface area contributed by atoms with E-state index in [4.69, 9.17) is 14.2 Å². The van der Waals surface area contributed by atoms with E-state index in [9.17, 15) is 5.11 Å². The van der Waals surface area contributed by atoms with Crippen LogP contribution in [0, 0.1) is 0 Å². The highest BCUT2D eigenvalue weighted by atomic mass is 16.5. The molecule has 0 atom stereocenters. The van der Waals surface area contributed by atoms with Crippen LogP contribution in [0.1, 0.15) is 25.7 Å². The Labute approximate surface area is 158 Å². The van der Waals surface area contributed by atoms with Gasteiger partial charge >= 0.3 is 0 Å². The van der Waals surface area contributed by atoms with Crippen LogP contribution in [0.25, 0.3) is 0 Å². The van der Waals surface area contributed by atoms with Crippen LogP contribution in [0.4, 0.5) is 17.3 Å². The highest BCUT2D eigenvalue weighted by Crippen LogP contribution is 2.40. The number of nitrogens with one attached hydrogen (secondary N) is 2. The van der Waals surface area contributed by atoms with Crippen molar-refractivity contribution in [2.75, 3.05) is 32.0 Å². The number of anilines is 3. The fraction of sp³-hybridized carbons (Fsp3) is 0.474. The van der Waals surface area contributed by atoms with Crippen LogP contribution >= 0.6 is 0 Å². The van der Waals surface area contributed by atoms with Crippen LogP contribution in [-0.2, 0) is 0 Å². The van der Waals surface area contributed by atoms with E-state index in [1.807, 2.05) is 18.2 Å². The van der Waals surface area contributed by atoms with Crippen LogP contribution in [0.15, 0.2) is 24.5 Å². The molecule has 27 heavy (non-hydrogen) atoms. The standard InChI is InChI=1S/C19H26N4O4/c1-25-15-8-13(9-16(26-2)19(15)27-3)23-18-10-17(20-11-21-18)22-12-4-6-14(24)7-5-12/h8-12,14,24H,4-7H2,1-3H3,(H2,20,21,22,23). The molecule has 1 heterocycles. The molecule has 0 radical (unpaired) electrons. The lowest BCUT2D eigenvalue weighted by atomic mass is 9.93. The van der Waals surface area contributed by atoms with Gasteiger partial charge in [-0.2, -0.15) is 0 Å². The fourth-order valence-electron chi connectivity index (χ4n) is 3.24. The van der Waals surface area contributed by atoms with Crippen LogP contribution in [0.2, 0.25) is 0 Å². The lowest BCUT2D eigenvalue weighted by molar-refractivity contribution is 0.126. The molecule has 1 aliphatic carbocycles. The number of nitrogens with zero attached hydrogens (tertiary/aromatic N) is 2. The van der Waals surface area contributed by atoms with Gasteiger partial charge in [0, 0.05) is 29.9 Å². The zero-order valence-electron chi connectivity index (χ0n) is 15.9. The highest BCUT2D eigenvalue weighted by Gasteiger charge is 2.19. The van der Waals surface area contributed by atoms with Gasteiger partial charge in [0.25, 0.3) is 0 Å². The van der Waals surface area contributed by atoms with E-state index in [0.717, 1.165) is 37.2 Å². The summed E-state index contributed by atoms with van der Waals surface area (Å²) in [5.74, 6) is 3.06. The predicted molar refractivity (Wildman–Crippen MR) is 103 cm³/mol. The monoisotopic (exact) mass is 374 g/mol. The summed E-state index contributed by atoms with van der Waals surface area (Å²) in [6.07, 6.45) is 4.84. The Morgan fingerprint density at radius 2 is 1.52 bits per heavy atom. The minimum absolute atomic E-state index is 0.175. The van der Waals surface area contributed by atoms with Crippen LogP contribution in [0.3, 0.4) is 0 Å². The summed E-state index contributed by atoms with van der Waals surface area (Å²) < 4.78 is 16.1. The maximum absolute atomic E-state index is 9.63. The summed E-state index contributed by atoms with van der Waals surface area (Å²) in [6, 6.07) is 5.81. The lowest BCUT2D eigenvalue weighted by Gasteiger charge is -2.26. The van der Waals surface area contributed by atoms with Gasteiger partial charge < -0.3 is 30.0 Å². The summed E-state index contributed by atoms with van der Waals surface area (Å²) in [5, 5.41) is 16.3. The SMILES string of the molecule is COc1cc(Nc2cc(NC3CCC(O)CC3)ncn2)cc(OC)c1OC. The van der Waals surface area contributed by atoms with Crippen molar-refractivity contribution in [2.24, 2.45) is 0 Å². The summed E-state index contributed by atoms with van der Waals surface area (Å²) in [5.41, 5.74) is 0.759. The lowest BCUT2D eigenvalue weighted by Crippen LogP contribution is -2.28. The molecular weight excluding hydrogens is 348 g/mol. The van der Waals surface area contributed by atoms with E-state index in [2.05, 4.69) is 20.6 Å². The third kappa shape index (κ3) is 4.71. The number of ether oxygens (including phenoxy) is 3. The van der Waals surface area contributed by atoms with Gasteiger partial charge in [-0.15, -0.1) is 0 Å². The number of benzene rings is 1. The van der Waals surface area contributed by atoms with Crippen molar-refractivity contribution in [1.82, 2.24) is 9.97 Å². The number of aliphatic hydroxyl groups is 1. The molecule has 0 bridgehead atoms. The van der Waals surface area contributed by atoms with E-state index in [1.165, 1.54) is 6.33 Å². The van der Waals surface area contributed by atoms with Crippen molar-refractivity contribution in [3.63, 3.8) is 0 Å². The van der Waals surface area contributed by atoms with Gasteiger partial charge in [-0.05, 0) is 25.7 Å². The first-order valence-corrected chi connectivity index (χ1v) is 8.96. The summed E-state index contributed by atoms with van der Waals surface area (Å²) in [6.45, 7) is 0. The fourth-order valence-corrected chi connectivity index (χ4v) is 3.24. The molecule has 3 N–H and O–H groups in total. The second kappa shape index (κ2) is 8.77. The average molecular weight is 374 g/mol. The van der Waals surface area contributed by atoms with E-state index < -0.39 is 0 Å². The summed E-state index contributed by atoms with van der Waals surface area (Å²) in [7, 11) is 4.73. The van der Waals surface area contributed by atoms with Crippen molar-refractivity contribution in [1.29, 1.82) is 0 Å². The highest BCUT2D eigenvalue weighted by molar-refractivity contribution is 5.67. The van der Waals surface area contributed by atoms with E-state index in [-0.39, 0.29) is 6.10 Å². The molecule has 0 spiro atoms. The van der Waals surface area contributed by atoms with Crippen LogP contribution < -0.4 is 24.8 Å². The second-order valence-corrected chi connectivity index (χ2v) is 6.48. The van der Waals surface area contributed by atoms with Gasteiger partial charge in [-0.25, -0.2) is 9.97 Å². The first kappa shape index (κ1) is 19.0. The minimum Gasteiger partial charge on any atom is -0.493 e. The van der Waals surface area contributed by atoms with Crippen molar-refractivity contribution < 1.29 is 19.3 Å². The van der Waals surface area contributed by atoms with Gasteiger partial charge in [-0.3, -0.25) is 0 Å². The predicted octanol–water partition coefficient (Wildman–Crippen LogP) is 2.96. The maximum atomic E-state index is 9.63. The van der Waals surface area contributed by atoms with Gasteiger partial charge in [0.1, 0.15) is 18.0 Å². The first-order chi connectivity index (χ1) is 13.1. The molecule has 2 aromatic rings. The Morgan fingerprint density at radius 1 is 0.889 bits per heavy atom. The minimum atomic E-state index is -0.175. The number of hydrogen-bond acceptors (Lipinski definition) is 8. The molecule has 1 aromatic carbocycles. The molecule has 8 heteroatoms. The smallest absolute Gasteiger partial charge is 0.203 e. The van der Waals surface area contributed by atoms with Crippen molar-refractivity contribution in [2.45, 2.75) is 37.8 Å². The van der Waals surface area contributed by atoms with Crippen LogP contribution in [-0.4, -0.2) is 48.5 Å². The quantitative estimate of drug-likeness (QED) is 0.680. The number of rotatable bonds is 7. The van der Waals surface area contributed by atoms with Crippen LogP contribution in [0.5, 0.6) is 17.2 Å². The van der Waals surface area contributed by atoms with Crippen molar-refractivity contribution >= 4 is 17.3 Å². The second-order valence-electron chi connectivity index (χ2n) is 6.48.